The lowest BCUT2D eigenvalue weighted by Crippen LogP contribution is -2.49. The number of ether oxygens (including phenoxy) is 1. The van der Waals surface area contributed by atoms with Crippen molar-refractivity contribution in [1.82, 2.24) is 4.90 Å². The van der Waals surface area contributed by atoms with Crippen molar-refractivity contribution in [2.75, 3.05) is 31.1 Å². The van der Waals surface area contributed by atoms with Gasteiger partial charge in [-0.15, -0.1) is 0 Å². The van der Waals surface area contributed by atoms with Gasteiger partial charge in [0.05, 0.1) is 3.57 Å². The van der Waals surface area contributed by atoms with Crippen molar-refractivity contribution in [3.05, 3.63) is 98.9 Å². The Morgan fingerprint density at radius 2 is 1.74 bits per heavy atom. The summed E-state index contributed by atoms with van der Waals surface area (Å²) in [6, 6.07) is 23.9. The number of nitriles is 1. The molecule has 3 aromatic rings. The van der Waals surface area contributed by atoms with E-state index in [0.717, 1.165) is 33.5 Å². The Hall–Kier alpha value is -3.38. The number of halogens is 2. The number of hydrogen-bond donors (Lipinski definition) is 0. The number of anilines is 1. The lowest BCUT2D eigenvalue weighted by atomic mass is 10.1. The lowest BCUT2D eigenvalue weighted by molar-refractivity contribution is -0.126. The smallest absolute Gasteiger partial charge is 0.264 e. The fraction of sp³-hybridized carbons (Fsp3) is 0.185. The van der Waals surface area contributed by atoms with Gasteiger partial charge in [0.1, 0.15) is 29.8 Å². The van der Waals surface area contributed by atoms with E-state index in [4.69, 9.17) is 4.74 Å². The third-order valence-corrected chi connectivity index (χ3v) is 6.46. The number of carbonyl (C=O) groups is 1. The van der Waals surface area contributed by atoms with Crippen molar-refractivity contribution in [2.24, 2.45) is 0 Å². The van der Waals surface area contributed by atoms with Gasteiger partial charge in [-0.05, 0) is 76.2 Å². The van der Waals surface area contributed by atoms with Gasteiger partial charge >= 0.3 is 0 Å². The maximum Gasteiger partial charge on any atom is 0.264 e. The zero-order chi connectivity index (χ0) is 23.9. The van der Waals surface area contributed by atoms with E-state index in [-0.39, 0.29) is 17.3 Å². The second kappa shape index (κ2) is 11.2. The van der Waals surface area contributed by atoms with Crippen molar-refractivity contribution in [2.45, 2.75) is 6.61 Å². The molecule has 0 radical (unpaired) electrons. The molecule has 3 aromatic carbocycles. The molecular formula is C27H23FIN3O2. The van der Waals surface area contributed by atoms with E-state index in [1.165, 1.54) is 12.1 Å². The highest BCUT2D eigenvalue weighted by Crippen LogP contribution is 2.25. The van der Waals surface area contributed by atoms with Gasteiger partial charge in [-0.2, -0.15) is 5.26 Å². The molecule has 172 valence electrons. The number of rotatable bonds is 6. The van der Waals surface area contributed by atoms with Crippen LogP contribution in [0.15, 0.2) is 78.4 Å². The minimum atomic E-state index is -0.282. The molecule has 0 aromatic heterocycles. The van der Waals surface area contributed by atoms with Gasteiger partial charge in [0.25, 0.3) is 5.91 Å². The minimum Gasteiger partial charge on any atom is -0.488 e. The summed E-state index contributed by atoms with van der Waals surface area (Å²) in [6.45, 7) is 2.92. The van der Waals surface area contributed by atoms with Gasteiger partial charge in [0.15, 0.2) is 0 Å². The Morgan fingerprint density at radius 1 is 1.03 bits per heavy atom. The molecule has 1 saturated heterocycles. The first-order valence-electron chi connectivity index (χ1n) is 10.9. The summed E-state index contributed by atoms with van der Waals surface area (Å²) in [6.07, 6.45) is 1.62. The van der Waals surface area contributed by atoms with Crippen molar-refractivity contribution < 1.29 is 13.9 Å². The van der Waals surface area contributed by atoms with Crippen LogP contribution in [0.1, 0.15) is 11.1 Å². The standard InChI is InChI=1S/C27H23FIN3O2/c28-23-9-6-20(7-10-23)19-34-26-11-8-21(17-25(26)29)16-22(18-30)27(33)32-14-12-31(13-15-32)24-4-2-1-3-5-24/h1-11,16-17H,12-15,19H2/b22-16-. The van der Waals surface area contributed by atoms with Crippen LogP contribution in [0.5, 0.6) is 5.75 Å². The van der Waals surface area contributed by atoms with E-state index in [9.17, 15) is 14.4 Å². The van der Waals surface area contributed by atoms with Crippen LogP contribution >= 0.6 is 22.6 Å². The van der Waals surface area contributed by atoms with Crippen LogP contribution in [-0.2, 0) is 11.4 Å². The average molecular weight is 567 g/mol. The van der Waals surface area contributed by atoms with E-state index in [2.05, 4.69) is 45.7 Å². The summed E-state index contributed by atoms with van der Waals surface area (Å²) in [4.78, 5) is 17.0. The molecule has 4 rings (SSSR count). The monoisotopic (exact) mass is 567 g/mol. The summed E-state index contributed by atoms with van der Waals surface area (Å²) < 4.78 is 19.8. The first-order chi connectivity index (χ1) is 16.5. The normalized spacial score (nSPS) is 14.0. The molecule has 0 spiro atoms. The molecule has 1 heterocycles. The lowest BCUT2D eigenvalue weighted by Gasteiger charge is -2.36. The highest BCUT2D eigenvalue weighted by Gasteiger charge is 2.24. The van der Waals surface area contributed by atoms with Crippen LogP contribution in [0.2, 0.25) is 0 Å². The first-order valence-corrected chi connectivity index (χ1v) is 12.0. The predicted molar refractivity (Wildman–Crippen MR) is 139 cm³/mol. The van der Waals surface area contributed by atoms with Gasteiger partial charge in [-0.25, -0.2) is 4.39 Å². The van der Waals surface area contributed by atoms with E-state index in [1.807, 2.05) is 36.4 Å². The topological polar surface area (TPSA) is 56.6 Å². The number of nitrogens with zero attached hydrogens (tertiary/aromatic N) is 3. The molecule has 5 nitrogen and oxygen atoms in total. The largest absolute Gasteiger partial charge is 0.488 e. The molecule has 34 heavy (non-hydrogen) atoms. The first kappa shape index (κ1) is 23.8. The SMILES string of the molecule is N#C/C(=C/c1ccc(OCc2ccc(F)cc2)c(I)c1)C(=O)N1CCN(c2ccccc2)CC1. The summed E-state index contributed by atoms with van der Waals surface area (Å²) in [7, 11) is 0. The fourth-order valence-corrected chi connectivity index (χ4v) is 4.45. The van der Waals surface area contributed by atoms with Crippen LogP contribution < -0.4 is 9.64 Å². The second-order valence-electron chi connectivity index (χ2n) is 7.89. The van der Waals surface area contributed by atoms with Crippen LogP contribution in [0.25, 0.3) is 6.08 Å². The molecule has 0 saturated carbocycles. The molecule has 1 aliphatic rings. The zero-order valence-corrected chi connectivity index (χ0v) is 20.6. The summed E-state index contributed by atoms with van der Waals surface area (Å²) in [5.74, 6) is 0.154. The number of hydrogen-bond acceptors (Lipinski definition) is 4. The number of carbonyl (C=O) groups excluding carboxylic acids is 1. The number of benzene rings is 3. The Bertz CT molecular complexity index is 1210. The molecule has 7 heteroatoms. The summed E-state index contributed by atoms with van der Waals surface area (Å²) >= 11 is 2.16. The van der Waals surface area contributed by atoms with Gasteiger partial charge in [0.2, 0.25) is 0 Å². The predicted octanol–water partition coefficient (Wildman–Crippen LogP) is 5.27. The van der Waals surface area contributed by atoms with Crippen LogP contribution in [0.4, 0.5) is 10.1 Å². The van der Waals surface area contributed by atoms with Crippen LogP contribution in [0.3, 0.4) is 0 Å². The third-order valence-electron chi connectivity index (χ3n) is 5.61. The molecule has 0 atom stereocenters. The fourth-order valence-electron chi connectivity index (χ4n) is 3.75. The van der Waals surface area contributed by atoms with Crippen LogP contribution in [0, 0.1) is 20.7 Å². The molecule has 0 bridgehead atoms. The number of para-hydroxylation sites is 1. The molecule has 1 aliphatic heterocycles. The Kier molecular flexibility index (Phi) is 7.80. The number of amides is 1. The third kappa shape index (κ3) is 5.94. The Labute approximate surface area is 212 Å². The average Bonchev–Trinajstić information content (AvgIpc) is 2.88. The highest BCUT2D eigenvalue weighted by atomic mass is 127. The Balaban J connectivity index is 1.38. The van der Waals surface area contributed by atoms with Gasteiger partial charge in [0, 0.05) is 31.9 Å². The maximum atomic E-state index is 13.1. The molecule has 1 fully saturated rings. The molecule has 1 amide bonds. The summed E-state index contributed by atoms with van der Waals surface area (Å²) in [5.41, 5.74) is 2.88. The van der Waals surface area contributed by atoms with E-state index < -0.39 is 0 Å². The van der Waals surface area contributed by atoms with Crippen molar-refractivity contribution in [3.63, 3.8) is 0 Å². The minimum absolute atomic E-state index is 0.115. The molecule has 0 N–H and O–H groups in total. The van der Waals surface area contributed by atoms with Gasteiger partial charge in [-0.3, -0.25) is 4.79 Å². The quantitative estimate of drug-likeness (QED) is 0.232. The van der Waals surface area contributed by atoms with E-state index in [0.29, 0.717) is 25.4 Å². The van der Waals surface area contributed by atoms with E-state index in [1.54, 1.807) is 23.1 Å². The Morgan fingerprint density at radius 3 is 2.38 bits per heavy atom. The van der Waals surface area contributed by atoms with Gasteiger partial charge in [-0.1, -0.05) is 36.4 Å². The molecular weight excluding hydrogens is 544 g/mol. The zero-order valence-electron chi connectivity index (χ0n) is 18.5. The van der Waals surface area contributed by atoms with E-state index >= 15 is 0 Å². The highest BCUT2D eigenvalue weighted by molar-refractivity contribution is 14.1. The molecule has 0 unspecified atom stereocenters. The summed E-state index contributed by atoms with van der Waals surface area (Å²) in [5, 5.41) is 9.64. The van der Waals surface area contributed by atoms with Crippen molar-refractivity contribution >= 4 is 40.3 Å². The van der Waals surface area contributed by atoms with Crippen molar-refractivity contribution in [1.29, 1.82) is 5.26 Å². The second-order valence-corrected chi connectivity index (χ2v) is 9.05. The van der Waals surface area contributed by atoms with Crippen LogP contribution in [-0.4, -0.2) is 37.0 Å². The number of piperazine rings is 1. The molecule has 0 aliphatic carbocycles. The maximum absolute atomic E-state index is 13.1. The van der Waals surface area contributed by atoms with Crippen molar-refractivity contribution in [3.8, 4) is 11.8 Å². The van der Waals surface area contributed by atoms with Gasteiger partial charge < -0.3 is 14.5 Å².